The lowest BCUT2D eigenvalue weighted by atomic mass is 10.0. The summed E-state index contributed by atoms with van der Waals surface area (Å²) in [4.78, 5) is 20.2. The Hall–Kier alpha value is -2.89. The molecule has 1 amide bonds. The van der Waals surface area contributed by atoms with E-state index in [1.165, 1.54) is 0 Å². The summed E-state index contributed by atoms with van der Waals surface area (Å²) in [5, 5.41) is 5.27. The lowest BCUT2D eigenvalue weighted by Crippen LogP contribution is -2.33. The van der Waals surface area contributed by atoms with Gasteiger partial charge in [0.05, 0.1) is 30.1 Å². The van der Waals surface area contributed by atoms with E-state index in [-0.39, 0.29) is 11.9 Å². The molecule has 0 N–H and O–H groups in total. The third kappa shape index (κ3) is 3.35. The van der Waals surface area contributed by atoms with Gasteiger partial charge in [0, 0.05) is 42.3 Å². The zero-order chi connectivity index (χ0) is 19.7. The Morgan fingerprint density at radius 3 is 2.89 bits per heavy atom. The molecule has 1 fully saturated rings. The molecule has 1 atom stereocenters. The molecule has 146 valence electrons. The summed E-state index contributed by atoms with van der Waals surface area (Å²) in [6, 6.07) is 7.88. The molecule has 2 aromatic heterocycles. The first-order chi connectivity index (χ1) is 13.6. The number of hydrogen-bond donors (Lipinski definition) is 0. The number of nitrogens with zero attached hydrogens (tertiary/aromatic N) is 4. The van der Waals surface area contributed by atoms with Crippen molar-refractivity contribution in [3.8, 4) is 17.0 Å². The lowest BCUT2D eigenvalue weighted by Gasteiger charge is -2.22. The van der Waals surface area contributed by atoms with Crippen molar-refractivity contribution in [3.63, 3.8) is 0 Å². The van der Waals surface area contributed by atoms with Crippen LogP contribution >= 0.6 is 0 Å². The molecule has 1 aliphatic heterocycles. The summed E-state index contributed by atoms with van der Waals surface area (Å²) >= 11 is 0. The summed E-state index contributed by atoms with van der Waals surface area (Å²) < 4.78 is 7.28. The fourth-order valence-corrected chi connectivity index (χ4v) is 3.90. The number of aromatic nitrogens is 3. The maximum Gasteiger partial charge on any atom is 0.254 e. The van der Waals surface area contributed by atoms with Crippen molar-refractivity contribution >= 4 is 16.8 Å². The molecule has 0 unspecified atom stereocenters. The van der Waals surface area contributed by atoms with E-state index >= 15 is 0 Å². The highest BCUT2D eigenvalue weighted by molar-refractivity contribution is 6.07. The summed E-state index contributed by atoms with van der Waals surface area (Å²) in [5.74, 6) is 0.802. The van der Waals surface area contributed by atoms with Crippen LogP contribution in [-0.2, 0) is 6.54 Å². The first-order valence-electron chi connectivity index (χ1n) is 9.93. The Kier molecular flexibility index (Phi) is 5.03. The zero-order valence-electron chi connectivity index (χ0n) is 16.7. The number of ether oxygens (including phenoxy) is 1. The van der Waals surface area contributed by atoms with E-state index in [2.05, 4.69) is 18.9 Å². The molecule has 0 bridgehead atoms. The Labute approximate surface area is 165 Å². The Morgan fingerprint density at radius 1 is 1.32 bits per heavy atom. The highest BCUT2D eigenvalue weighted by Crippen LogP contribution is 2.30. The van der Waals surface area contributed by atoms with E-state index in [4.69, 9.17) is 9.72 Å². The van der Waals surface area contributed by atoms with Gasteiger partial charge >= 0.3 is 0 Å². The van der Waals surface area contributed by atoms with Crippen molar-refractivity contribution in [2.24, 2.45) is 0 Å². The topological polar surface area (TPSA) is 60.2 Å². The van der Waals surface area contributed by atoms with Crippen LogP contribution < -0.4 is 4.74 Å². The highest BCUT2D eigenvalue weighted by atomic mass is 16.5. The van der Waals surface area contributed by atoms with Crippen LogP contribution in [-0.4, -0.2) is 45.3 Å². The molecule has 6 nitrogen and oxygen atoms in total. The molecular weight excluding hydrogens is 352 g/mol. The second-order valence-corrected chi connectivity index (χ2v) is 7.42. The monoisotopic (exact) mass is 378 g/mol. The van der Waals surface area contributed by atoms with Crippen molar-refractivity contribution in [1.82, 2.24) is 19.7 Å². The number of benzene rings is 1. The van der Waals surface area contributed by atoms with Gasteiger partial charge in [-0.1, -0.05) is 6.92 Å². The molecule has 0 aliphatic carbocycles. The highest BCUT2D eigenvalue weighted by Gasteiger charge is 2.28. The maximum atomic E-state index is 13.4. The molecule has 4 rings (SSSR count). The molecule has 3 heterocycles. The average molecular weight is 378 g/mol. The second-order valence-electron chi connectivity index (χ2n) is 7.42. The summed E-state index contributed by atoms with van der Waals surface area (Å²) in [5.41, 5.74) is 3.13. The predicted molar refractivity (Wildman–Crippen MR) is 110 cm³/mol. The Bertz CT molecular complexity index is 1010. The quantitative estimate of drug-likeness (QED) is 0.669. The van der Waals surface area contributed by atoms with Gasteiger partial charge in [0.2, 0.25) is 0 Å². The van der Waals surface area contributed by atoms with Gasteiger partial charge in [-0.25, -0.2) is 4.98 Å². The average Bonchev–Trinajstić information content (AvgIpc) is 3.35. The Morgan fingerprint density at radius 2 is 2.18 bits per heavy atom. The van der Waals surface area contributed by atoms with E-state index in [1.807, 2.05) is 46.2 Å². The van der Waals surface area contributed by atoms with Crippen LogP contribution in [0.1, 0.15) is 43.5 Å². The minimum atomic E-state index is 0.0739. The van der Waals surface area contributed by atoms with Gasteiger partial charge in [0.25, 0.3) is 5.91 Å². The van der Waals surface area contributed by atoms with E-state index in [1.54, 1.807) is 7.11 Å². The van der Waals surface area contributed by atoms with E-state index in [9.17, 15) is 4.79 Å². The third-order valence-corrected chi connectivity index (χ3v) is 5.44. The largest absolute Gasteiger partial charge is 0.497 e. The molecule has 0 radical (unpaired) electrons. The number of aryl methyl sites for hydroxylation is 1. The number of hydrogen-bond acceptors (Lipinski definition) is 4. The van der Waals surface area contributed by atoms with Gasteiger partial charge in [-0.15, -0.1) is 0 Å². The number of carbonyl (C=O) groups is 1. The molecule has 3 aromatic rings. The summed E-state index contributed by atoms with van der Waals surface area (Å²) in [7, 11) is 1.64. The number of likely N-dealkylation sites (tertiary alicyclic amines) is 1. The number of methoxy groups -OCH3 is 1. The minimum absolute atomic E-state index is 0.0739. The van der Waals surface area contributed by atoms with E-state index < -0.39 is 0 Å². The number of amides is 1. The second kappa shape index (κ2) is 7.62. The molecular formula is C22H26N4O2. The van der Waals surface area contributed by atoms with Crippen LogP contribution in [0.25, 0.3) is 22.2 Å². The van der Waals surface area contributed by atoms with Crippen LogP contribution in [0.2, 0.25) is 0 Å². The SMILES string of the molecule is CCCn1cc(-c2cc(C(=O)N3CCC[C@@H]3C)c3ccc(OC)cc3n2)cn1. The minimum Gasteiger partial charge on any atom is -0.497 e. The van der Waals surface area contributed by atoms with Crippen molar-refractivity contribution in [1.29, 1.82) is 0 Å². The molecule has 6 heteroatoms. The van der Waals surface area contributed by atoms with Gasteiger partial charge in [-0.05, 0) is 44.4 Å². The van der Waals surface area contributed by atoms with E-state index in [0.717, 1.165) is 60.3 Å². The van der Waals surface area contributed by atoms with Gasteiger partial charge in [-0.2, -0.15) is 5.10 Å². The molecule has 0 spiro atoms. The van der Waals surface area contributed by atoms with Crippen molar-refractivity contribution in [2.45, 2.75) is 45.7 Å². The van der Waals surface area contributed by atoms with Crippen LogP contribution in [0.4, 0.5) is 0 Å². The molecule has 0 saturated carbocycles. The predicted octanol–water partition coefficient (Wildman–Crippen LogP) is 4.14. The maximum absolute atomic E-state index is 13.4. The van der Waals surface area contributed by atoms with Crippen LogP contribution in [0.15, 0.2) is 36.7 Å². The Balaban J connectivity index is 1.85. The third-order valence-electron chi connectivity index (χ3n) is 5.44. The molecule has 1 aliphatic rings. The van der Waals surface area contributed by atoms with Crippen LogP contribution in [0.5, 0.6) is 5.75 Å². The summed E-state index contributed by atoms with van der Waals surface area (Å²) in [6.07, 6.45) is 6.93. The number of carbonyl (C=O) groups excluding carboxylic acids is 1. The normalized spacial score (nSPS) is 16.7. The number of rotatable bonds is 5. The van der Waals surface area contributed by atoms with Gasteiger partial charge in [0.1, 0.15) is 5.75 Å². The lowest BCUT2D eigenvalue weighted by molar-refractivity contribution is 0.0749. The van der Waals surface area contributed by atoms with E-state index in [0.29, 0.717) is 5.56 Å². The molecule has 1 saturated heterocycles. The van der Waals surface area contributed by atoms with Crippen LogP contribution in [0.3, 0.4) is 0 Å². The first-order valence-corrected chi connectivity index (χ1v) is 9.93. The van der Waals surface area contributed by atoms with Crippen molar-refractivity contribution in [2.75, 3.05) is 13.7 Å². The molecule has 1 aromatic carbocycles. The standard InChI is InChI=1S/C22H26N4O2/c1-4-9-25-14-16(13-23-25)20-12-19(22(27)26-10-5-6-15(26)2)18-8-7-17(28-3)11-21(18)24-20/h7-8,11-15H,4-6,9-10H2,1-3H3/t15-/m0/s1. The van der Waals surface area contributed by atoms with Gasteiger partial charge < -0.3 is 9.64 Å². The van der Waals surface area contributed by atoms with Gasteiger partial charge in [0.15, 0.2) is 0 Å². The number of fused-ring (bicyclic) bond motifs is 1. The van der Waals surface area contributed by atoms with Crippen LogP contribution in [0, 0.1) is 0 Å². The van der Waals surface area contributed by atoms with Gasteiger partial charge in [-0.3, -0.25) is 9.48 Å². The smallest absolute Gasteiger partial charge is 0.254 e. The fourth-order valence-electron chi connectivity index (χ4n) is 3.90. The summed E-state index contributed by atoms with van der Waals surface area (Å²) in [6.45, 7) is 5.91. The fraction of sp³-hybridized carbons (Fsp3) is 0.409. The number of pyridine rings is 1. The first kappa shape index (κ1) is 18.5. The van der Waals surface area contributed by atoms with Crippen molar-refractivity contribution < 1.29 is 9.53 Å². The zero-order valence-corrected chi connectivity index (χ0v) is 16.7. The molecule has 28 heavy (non-hydrogen) atoms. The van der Waals surface area contributed by atoms with Crippen molar-refractivity contribution in [3.05, 3.63) is 42.2 Å².